The number of aliphatic hydroxyl groups is 5. The zero-order chi connectivity index (χ0) is 58.2. The van der Waals surface area contributed by atoms with Crippen LogP contribution in [-0.2, 0) is 23.8 Å². The van der Waals surface area contributed by atoms with Crippen molar-refractivity contribution in [2.24, 2.45) is 0 Å². The minimum Gasteiger partial charge on any atom is -0.454 e. The van der Waals surface area contributed by atoms with Gasteiger partial charge in [-0.15, -0.1) is 0 Å². The lowest BCUT2D eigenvalue weighted by Gasteiger charge is -2.41. The number of ether oxygens (including phenoxy) is 3. The second-order valence-corrected chi connectivity index (χ2v) is 22.1. The highest BCUT2D eigenvalue weighted by molar-refractivity contribution is 5.80. The summed E-state index contributed by atoms with van der Waals surface area (Å²) in [5.74, 6) is -1.26. The maximum Gasteiger partial charge on any atom is 0.306 e. The summed E-state index contributed by atoms with van der Waals surface area (Å²) in [5.41, 5.74) is 0. The molecule has 80 heavy (non-hydrogen) atoms. The summed E-state index contributed by atoms with van der Waals surface area (Å²) < 4.78 is 17.6. The van der Waals surface area contributed by atoms with E-state index in [1.807, 2.05) is 18.2 Å². The fraction of sp³-hybridized carbons (Fsp3) is 0.739. The number of carbonyl (C=O) groups is 2. The van der Waals surface area contributed by atoms with Gasteiger partial charge >= 0.3 is 5.97 Å². The minimum absolute atomic E-state index is 0.112. The van der Waals surface area contributed by atoms with E-state index in [-0.39, 0.29) is 19.4 Å². The van der Waals surface area contributed by atoms with Gasteiger partial charge in [0, 0.05) is 6.42 Å². The number of nitrogens with one attached hydrogen (secondary N) is 1. The normalized spacial score (nSPS) is 19.4. The van der Waals surface area contributed by atoms with Crippen LogP contribution in [0.1, 0.15) is 265 Å². The summed E-state index contributed by atoms with van der Waals surface area (Å²) in [5, 5.41) is 57.0. The lowest BCUT2D eigenvalue weighted by molar-refractivity contribution is -0.305. The summed E-state index contributed by atoms with van der Waals surface area (Å²) in [6, 6.07) is -1.06. The topological polar surface area (TPSA) is 175 Å². The molecule has 8 unspecified atom stereocenters. The van der Waals surface area contributed by atoms with E-state index in [0.29, 0.717) is 12.8 Å². The molecule has 0 aliphatic carbocycles. The third-order valence-electron chi connectivity index (χ3n) is 14.7. The lowest BCUT2D eigenvalue weighted by atomic mass is 9.99. The first kappa shape index (κ1) is 74.6. The molecular weight excluding hydrogens is 1000 g/mol. The lowest BCUT2D eigenvalue weighted by Crippen LogP contribution is -2.61. The summed E-state index contributed by atoms with van der Waals surface area (Å²) in [7, 11) is 0. The number of carbonyl (C=O) groups excluding carboxylic acids is 2. The fourth-order valence-electron chi connectivity index (χ4n) is 9.60. The summed E-state index contributed by atoms with van der Waals surface area (Å²) in [6.45, 7) is 5.62. The van der Waals surface area contributed by atoms with Crippen molar-refractivity contribution in [1.82, 2.24) is 5.32 Å². The summed E-state index contributed by atoms with van der Waals surface area (Å²) >= 11 is 0. The molecule has 1 heterocycles. The van der Waals surface area contributed by atoms with E-state index in [1.165, 1.54) is 135 Å². The van der Waals surface area contributed by atoms with Crippen molar-refractivity contribution in [2.75, 3.05) is 13.2 Å². The van der Waals surface area contributed by atoms with Crippen molar-refractivity contribution in [3.05, 3.63) is 97.2 Å². The minimum atomic E-state index is -1.63. The van der Waals surface area contributed by atoms with Crippen LogP contribution in [0.2, 0.25) is 0 Å². The van der Waals surface area contributed by atoms with Crippen LogP contribution in [-0.4, -0.2) is 99.6 Å². The Morgan fingerprint density at radius 1 is 0.500 bits per heavy atom. The molecule has 1 rings (SSSR count). The van der Waals surface area contributed by atoms with E-state index in [2.05, 4.69) is 99.0 Å². The Hall–Kier alpha value is -3.42. The van der Waals surface area contributed by atoms with Gasteiger partial charge in [0.25, 0.3) is 0 Å². The molecule has 0 aromatic rings. The van der Waals surface area contributed by atoms with Gasteiger partial charge in [-0.1, -0.05) is 259 Å². The molecule has 460 valence electrons. The first-order valence-electron chi connectivity index (χ1n) is 32.5. The molecule has 0 radical (unpaired) electrons. The van der Waals surface area contributed by atoms with Gasteiger partial charge < -0.3 is 45.1 Å². The SMILES string of the molecule is CC/C=C\C/C=C\C/C=C\C/C=C\C/C=C\CCC(O)C(=O)NC(COC1OC(CO)C(O)C(O)C1OC(=O)CCCCCCCCCCCCCCC/C=C\C/C=C\CCCCC)C(O)/C=C/CCCCCCCCCCCC. The maximum absolute atomic E-state index is 13.4. The van der Waals surface area contributed by atoms with Crippen LogP contribution in [0, 0.1) is 0 Å². The van der Waals surface area contributed by atoms with Gasteiger partial charge in [0.15, 0.2) is 12.4 Å². The van der Waals surface area contributed by atoms with Crippen LogP contribution in [0.4, 0.5) is 0 Å². The predicted molar refractivity (Wildman–Crippen MR) is 333 cm³/mol. The van der Waals surface area contributed by atoms with Crippen LogP contribution in [0.3, 0.4) is 0 Å². The molecule has 1 aliphatic rings. The molecule has 1 aliphatic heterocycles. The van der Waals surface area contributed by atoms with Crippen LogP contribution < -0.4 is 5.32 Å². The van der Waals surface area contributed by atoms with Crippen molar-refractivity contribution in [3.8, 4) is 0 Å². The van der Waals surface area contributed by atoms with Crippen LogP contribution >= 0.6 is 0 Å². The number of esters is 1. The molecule has 11 nitrogen and oxygen atoms in total. The highest BCUT2D eigenvalue weighted by Gasteiger charge is 2.47. The van der Waals surface area contributed by atoms with E-state index in [0.717, 1.165) is 83.5 Å². The van der Waals surface area contributed by atoms with Crippen LogP contribution in [0.25, 0.3) is 0 Å². The predicted octanol–water partition coefficient (Wildman–Crippen LogP) is 15.9. The number of hydrogen-bond donors (Lipinski definition) is 6. The molecule has 0 aromatic carbocycles. The molecule has 0 aromatic heterocycles. The van der Waals surface area contributed by atoms with E-state index in [1.54, 1.807) is 6.08 Å². The van der Waals surface area contributed by atoms with Crippen molar-refractivity contribution in [2.45, 2.75) is 314 Å². The molecule has 0 spiro atoms. The Bertz CT molecular complexity index is 1670. The Kier molecular flexibility index (Phi) is 52.3. The molecule has 11 heteroatoms. The second kappa shape index (κ2) is 56.1. The average Bonchev–Trinajstić information content (AvgIpc) is 3.46. The molecule has 1 amide bonds. The molecule has 8 atom stereocenters. The summed E-state index contributed by atoms with van der Waals surface area (Å²) in [6.07, 6.45) is 64.6. The van der Waals surface area contributed by atoms with Crippen molar-refractivity contribution >= 4 is 11.9 Å². The highest BCUT2D eigenvalue weighted by atomic mass is 16.7. The van der Waals surface area contributed by atoms with Gasteiger partial charge in [-0.3, -0.25) is 9.59 Å². The van der Waals surface area contributed by atoms with E-state index in [9.17, 15) is 35.1 Å². The van der Waals surface area contributed by atoms with Crippen LogP contribution in [0.15, 0.2) is 97.2 Å². The number of amides is 1. The number of aliphatic hydroxyl groups excluding tert-OH is 5. The zero-order valence-electron chi connectivity index (χ0n) is 50.9. The average molecular weight is 1120 g/mol. The number of hydrogen-bond acceptors (Lipinski definition) is 10. The fourth-order valence-corrected chi connectivity index (χ4v) is 9.60. The molecule has 0 saturated carbocycles. The monoisotopic (exact) mass is 1120 g/mol. The number of allylic oxidation sites excluding steroid dienone is 15. The zero-order valence-corrected chi connectivity index (χ0v) is 50.9. The van der Waals surface area contributed by atoms with Gasteiger partial charge in [-0.05, 0) is 96.3 Å². The quantitative estimate of drug-likeness (QED) is 0.0195. The molecule has 6 N–H and O–H groups in total. The van der Waals surface area contributed by atoms with Gasteiger partial charge in [-0.25, -0.2) is 0 Å². The van der Waals surface area contributed by atoms with Gasteiger partial charge in [-0.2, -0.15) is 0 Å². The third-order valence-corrected chi connectivity index (χ3v) is 14.7. The highest BCUT2D eigenvalue weighted by Crippen LogP contribution is 2.26. The molecule has 0 bridgehead atoms. The standard InChI is InChI=1S/C69H119NO10/c1-4-7-10-13-16-19-22-25-27-29-30-31-32-33-34-35-37-39-42-45-48-51-54-57-64(74)80-67-66(76)65(75)63(58-71)79-69(67)78-59-60(61(72)55-52-49-46-43-40-24-21-18-15-12-9-6-3)70-68(77)62(73)56-53-50-47-44-41-38-36-28-26-23-20-17-14-11-8-5-2/h8,11,16-17,19-20,25-28,38,41,47,50,52,55,60-63,65-67,69,71-73,75-76H,4-7,9-10,12-15,18,21-24,29-37,39-40,42-46,48-49,51,53-54,56-59H2,1-3H3,(H,70,77)/b11-8-,19-16-,20-17-,27-25-,28-26-,41-38-,50-47-,55-52+. The van der Waals surface area contributed by atoms with Crippen molar-refractivity contribution < 1.29 is 49.3 Å². The Morgan fingerprint density at radius 2 is 0.900 bits per heavy atom. The Morgan fingerprint density at radius 3 is 1.38 bits per heavy atom. The van der Waals surface area contributed by atoms with E-state index >= 15 is 0 Å². The first-order valence-corrected chi connectivity index (χ1v) is 32.5. The van der Waals surface area contributed by atoms with Crippen molar-refractivity contribution in [3.63, 3.8) is 0 Å². The molecule has 1 fully saturated rings. The molecular formula is C69H119NO10. The van der Waals surface area contributed by atoms with Gasteiger partial charge in [0.05, 0.1) is 25.4 Å². The van der Waals surface area contributed by atoms with E-state index in [4.69, 9.17) is 14.2 Å². The summed E-state index contributed by atoms with van der Waals surface area (Å²) in [4.78, 5) is 26.6. The van der Waals surface area contributed by atoms with E-state index < -0.39 is 67.4 Å². The first-order chi connectivity index (χ1) is 39.2. The third kappa shape index (κ3) is 43.3. The number of rotatable bonds is 54. The Labute approximate surface area is 488 Å². The Balaban J connectivity index is 2.65. The second-order valence-electron chi connectivity index (χ2n) is 22.1. The van der Waals surface area contributed by atoms with Crippen molar-refractivity contribution in [1.29, 1.82) is 0 Å². The maximum atomic E-state index is 13.4. The van der Waals surface area contributed by atoms with Gasteiger partial charge in [0.2, 0.25) is 5.91 Å². The molecule has 1 saturated heterocycles. The van der Waals surface area contributed by atoms with Gasteiger partial charge in [0.1, 0.15) is 24.4 Å². The van der Waals surface area contributed by atoms with Crippen LogP contribution in [0.5, 0.6) is 0 Å². The number of unbranched alkanes of at least 4 members (excludes halogenated alkanes) is 26. The smallest absolute Gasteiger partial charge is 0.306 e. The largest absolute Gasteiger partial charge is 0.454 e.